The molecule has 1 saturated heterocycles. The number of methoxy groups -OCH3 is 1. The van der Waals surface area contributed by atoms with Crippen LogP contribution in [-0.4, -0.2) is 43.7 Å². The zero-order chi connectivity index (χ0) is 23.4. The molecule has 1 atom stereocenters. The number of hydrogen-bond donors (Lipinski definition) is 0. The quantitative estimate of drug-likeness (QED) is 0.586. The Morgan fingerprint density at radius 1 is 1.09 bits per heavy atom. The van der Waals surface area contributed by atoms with Crippen molar-refractivity contribution >= 4 is 23.4 Å². The van der Waals surface area contributed by atoms with Gasteiger partial charge in [-0.25, -0.2) is 0 Å². The maximum Gasteiger partial charge on any atom is 0.229 e. The van der Waals surface area contributed by atoms with Crippen LogP contribution in [0.15, 0.2) is 53.1 Å². The van der Waals surface area contributed by atoms with E-state index in [1.165, 1.54) is 11.8 Å². The molecule has 0 bridgehead atoms. The van der Waals surface area contributed by atoms with E-state index in [-0.39, 0.29) is 18.2 Å². The fraction of sp³-hybridized carbons (Fsp3) is 0.360. The van der Waals surface area contributed by atoms with Crippen LogP contribution in [0, 0.1) is 11.3 Å². The first-order valence-corrected chi connectivity index (χ1v) is 11.9. The third kappa shape index (κ3) is 4.60. The Morgan fingerprint density at radius 3 is 2.52 bits per heavy atom. The van der Waals surface area contributed by atoms with Gasteiger partial charge in [-0.1, -0.05) is 17.8 Å². The highest BCUT2D eigenvalue weighted by Crippen LogP contribution is 2.44. The van der Waals surface area contributed by atoms with Gasteiger partial charge in [-0.2, -0.15) is 5.26 Å². The highest BCUT2D eigenvalue weighted by atomic mass is 32.2. The smallest absolute Gasteiger partial charge is 0.229 e. The second-order valence-electron chi connectivity index (χ2n) is 7.63. The minimum atomic E-state index is -0.303. The molecule has 0 aromatic heterocycles. The van der Waals surface area contributed by atoms with Gasteiger partial charge in [0.2, 0.25) is 5.91 Å². The van der Waals surface area contributed by atoms with Crippen molar-refractivity contribution in [1.29, 1.82) is 5.26 Å². The van der Waals surface area contributed by atoms with Gasteiger partial charge in [-0.15, -0.1) is 0 Å². The van der Waals surface area contributed by atoms with Crippen molar-refractivity contribution in [3.63, 3.8) is 0 Å². The van der Waals surface area contributed by atoms with Crippen LogP contribution < -0.4 is 19.1 Å². The largest absolute Gasteiger partial charge is 0.494 e. The van der Waals surface area contributed by atoms with Gasteiger partial charge in [-0.3, -0.25) is 9.69 Å². The summed E-state index contributed by atoms with van der Waals surface area (Å²) in [7, 11) is 1.59. The Balaban J connectivity index is 1.60. The molecule has 1 fully saturated rings. The molecule has 33 heavy (non-hydrogen) atoms. The summed E-state index contributed by atoms with van der Waals surface area (Å²) in [5.41, 5.74) is 2.51. The van der Waals surface area contributed by atoms with Crippen LogP contribution in [0.25, 0.3) is 0 Å². The van der Waals surface area contributed by atoms with E-state index in [4.69, 9.17) is 14.2 Å². The summed E-state index contributed by atoms with van der Waals surface area (Å²) >= 11 is 1.52. The summed E-state index contributed by atoms with van der Waals surface area (Å²) in [5.74, 6) is 2.42. The minimum absolute atomic E-state index is 0.00462. The third-order valence-corrected chi connectivity index (χ3v) is 6.85. The first-order chi connectivity index (χ1) is 16.1. The molecule has 2 aromatic carbocycles. The lowest BCUT2D eigenvalue weighted by Crippen LogP contribution is -2.47. The summed E-state index contributed by atoms with van der Waals surface area (Å²) in [6.45, 7) is 5.43. The predicted octanol–water partition coefficient (Wildman–Crippen LogP) is 4.71. The van der Waals surface area contributed by atoms with Gasteiger partial charge < -0.3 is 19.1 Å². The molecule has 0 N–H and O–H groups in total. The average Bonchev–Trinajstić information content (AvgIpc) is 2.85. The number of hydrogen-bond acceptors (Lipinski definition) is 7. The van der Waals surface area contributed by atoms with Crippen molar-refractivity contribution in [2.45, 2.75) is 26.2 Å². The fourth-order valence-electron chi connectivity index (χ4n) is 4.11. The van der Waals surface area contributed by atoms with Crippen molar-refractivity contribution < 1.29 is 19.0 Å². The van der Waals surface area contributed by atoms with Crippen LogP contribution in [-0.2, 0) is 4.79 Å². The predicted molar refractivity (Wildman–Crippen MR) is 128 cm³/mol. The molecule has 0 radical (unpaired) electrons. The summed E-state index contributed by atoms with van der Waals surface area (Å²) in [6, 6.07) is 15.9. The molecule has 0 spiro atoms. The number of carbonyl (C=O) groups excluding carboxylic acids is 1. The van der Waals surface area contributed by atoms with E-state index < -0.39 is 0 Å². The van der Waals surface area contributed by atoms with Crippen LogP contribution in [0.2, 0.25) is 0 Å². The Labute approximate surface area is 198 Å². The molecule has 172 valence electrons. The molecule has 2 heterocycles. The summed E-state index contributed by atoms with van der Waals surface area (Å²) in [5, 5.41) is 10.8. The molecule has 8 heteroatoms. The van der Waals surface area contributed by atoms with Crippen molar-refractivity contribution in [2.24, 2.45) is 0 Å². The Hall–Kier alpha value is -3.31. The molecular formula is C25H27N3O4S. The topological polar surface area (TPSA) is 75.0 Å². The number of allylic oxidation sites excluding steroid dienone is 1. The van der Waals surface area contributed by atoms with Gasteiger partial charge >= 0.3 is 0 Å². The van der Waals surface area contributed by atoms with Gasteiger partial charge in [0.1, 0.15) is 5.75 Å². The summed E-state index contributed by atoms with van der Waals surface area (Å²) < 4.78 is 16.6. The summed E-state index contributed by atoms with van der Waals surface area (Å²) in [4.78, 5) is 17.0. The van der Waals surface area contributed by atoms with Crippen molar-refractivity contribution in [3.05, 3.63) is 58.6 Å². The highest BCUT2D eigenvalue weighted by Gasteiger charge is 2.38. The number of rotatable bonds is 7. The van der Waals surface area contributed by atoms with E-state index in [2.05, 4.69) is 11.0 Å². The van der Waals surface area contributed by atoms with Crippen LogP contribution >= 0.6 is 11.8 Å². The minimum Gasteiger partial charge on any atom is -0.494 e. The molecule has 4 rings (SSSR count). The number of ether oxygens (including phenoxy) is 3. The monoisotopic (exact) mass is 465 g/mol. The lowest BCUT2D eigenvalue weighted by Gasteiger charge is -2.42. The maximum atomic E-state index is 13.2. The number of benzene rings is 2. The Kier molecular flexibility index (Phi) is 6.99. The van der Waals surface area contributed by atoms with Crippen LogP contribution in [0.4, 0.5) is 5.69 Å². The Morgan fingerprint density at radius 2 is 1.85 bits per heavy atom. The molecule has 0 unspecified atom stereocenters. The number of anilines is 1. The zero-order valence-electron chi connectivity index (χ0n) is 19.0. The van der Waals surface area contributed by atoms with Gasteiger partial charge in [-0.05, 0) is 55.8 Å². The Bertz CT molecular complexity index is 1090. The molecule has 0 aliphatic carbocycles. The number of nitriles is 1. The zero-order valence-corrected chi connectivity index (χ0v) is 19.9. The SMILES string of the molecule is CCOc1ccc(N2CSC3=C(C#N)[C@@H](c4ccc(OCC)c(OC)c4)CC(=O)N3C2)cc1. The van der Waals surface area contributed by atoms with Crippen molar-refractivity contribution in [2.75, 3.05) is 37.8 Å². The van der Waals surface area contributed by atoms with Gasteiger partial charge in [0.25, 0.3) is 0 Å². The first-order valence-electron chi connectivity index (χ1n) is 11.0. The van der Waals surface area contributed by atoms with Crippen molar-refractivity contribution in [1.82, 2.24) is 4.90 Å². The van der Waals surface area contributed by atoms with Gasteiger partial charge in [0.15, 0.2) is 11.5 Å². The van der Waals surface area contributed by atoms with Crippen molar-refractivity contribution in [3.8, 4) is 23.3 Å². The molecule has 2 aliphatic rings. The normalized spacial score (nSPS) is 18.0. The molecular weight excluding hydrogens is 438 g/mol. The molecule has 7 nitrogen and oxygen atoms in total. The first kappa shape index (κ1) is 22.9. The molecule has 1 amide bonds. The number of thioether (sulfide) groups is 1. The molecule has 2 aromatic rings. The van der Waals surface area contributed by atoms with E-state index in [0.29, 0.717) is 42.8 Å². The van der Waals surface area contributed by atoms with E-state index in [0.717, 1.165) is 22.0 Å². The van der Waals surface area contributed by atoms with Gasteiger partial charge in [0, 0.05) is 18.0 Å². The highest BCUT2D eigenvalue weighted by molar-refractivity contribution is 8.03. The maximum absolute atomic E-state index is 13.2. The number of fused-ring (bicyclic) bond motifs is 1. The lowest BCUT2D eigenvalue weighted by molar-refractivity contribution is -0.129. The average molecular weight is 466 g/mol. The van der Waals surface area contributed by atoms with Crippen LogP contribution in [0.5, 0.6) is 17.2 Å². The van der Waals surface area contributed by atoms with Gasteiger partial charge in [0.05, 0.1) is 49.5 Å². The number of amides is 1. The molecule has 2 aliphatic heterocycles. The second kappa shape index (κ2) is 10.1. The molecule has 0 saturated carbocycles. The number of carbonyl (C=O) groups is 1. The second-order valence-corrected chi connectivity index (χ2v) is 8.57. The van der Waals surface area contributed by atoms with E-state index in [9.17, 15) is 10.1 Å². The lowest BCUT2D eigenvalue weighted by atomic mass is 9.86. The van der Waals surface area contributed by atoms with Crippen LogP contribution in [0.3, 0.4) is 0 Å². The fourth-order valence-corrected chi connectivity index (χ4v) is 5.27. The third-order valence-electron chi connectivity index (χ3n) is 5.70. The van der Waals surface area contributed by atoms with E-state index >= 15 is 0 Å². The number of nitrogens with zero attached hydrogens (tertiary/aromatic N) is 3. The van der Waals surface area contributed by atoms with E-state index in [1.807, 2.05) is 56.3 Å². The standard InChI is InChI=1S/C25H27N3O4S/c1-4-31-19-9-7-18(8-10-19)27-15-28-24(29)13-20(21(14-26)25(28)33-16-27)17-6-11-22(32-5-2)23(12-17)30-3/h6-12,20H,4-5,13,15-16H2,1-3H3/t20-/m1/s1. The summed E-state index contributed by atoms with van der Waals surface area (Å²) in [6.07, 6.45) is 0.237. The van der Waals surface area contributed by atoms with Crippen LogP contribution in [0.1, 0.15) is 31.7 Å². The van der Waals surface area contributed by atoms with E-state index in [1.54, 1.807) is 12.0 Å².